The molecule has 1 aliphatic rings. The molecule has 0 radical (unpaired) electrons. The molecule has 0 unspecified atom stereocenters. The average Bonchev–Trinajstić information content (AvgIpc) is 3.08. The molecule has 0 saturated carbocycles. The van der Waals surface area contributed by atoms with E-state index in [1.54, 1.807) is 7.05 Å². The number of benzene rings is 1. The molecule has 0 bridgehead atoms. The second kappa shape index (κ2) is 5.91. The third-order valence-corrected chi connectivity index (χ3v) is 5.60. The van der Waals surface area contributed by atoms with Crippen LogP contribution in [0.3, 0.4) is 0 Å². The number of hydrogen-bond donors (Lipinski definition) is 1. The van der Waals surface area contributed by atoms with Gasteiger partial charge in [-0.1, -0.05) is 11.6 Å². The Morgan fingerprint density at radius 2 is 2.00 bits per heavy atom. The van der Waals surface area contributed by atoms with Crippen LogP contribution in [0.1, 0.15) is 6.42 Å². The number of nitrogens with one attached hydrogen (secondary N) is 1. The van der Waals surface area contributed by atoms with Crippen molar-refractivity contribution in [3.63, 3.8) is 0 Å². The van der Waals surface area contributed by atoms with E-state index < -0.39 is 10.0 Å². The van der Waals surface area contributed by atoms with Crippen molar-refractivity contribution in [1.82, 2.24) is 14.5 Å². The number of aromatic nitrogens is 2. The summed E-state index contributed by atoms with van der Waals surface area (Å²) in [6, 6.07) is 8.94. The van der Waals surface area contributed by atoms with Gasteiger partial charge in [-0.25, -0.2) is 13.1 Å². The van der Waals surface area contributed by atoms with Gasteiger partial charge >= 0.3 is 0 Å². The molecule has 1 aliphatic heterocycles. The summed E-state index contributed by atoms with van der Waals surface area (Å²) in [5.74, 6) is 0. The maximum absolute atomic E-state index is 12.4. The number of halogens is 1. The lowest BCUT2D eigenvalue weighted by Crippen LogP contribution is -2.37. The summed E-state index contributed by atoms with van der Waals surface area (Å²) in [5, 5.41) is 4.77. The molecule has 1 atom stereocenters. The lowest BCUT2D eigenvalue weighted by molar-refractivity contribution is 0.545. The van der Waals surface area contributed by atoms with Gasteiger partial charge in [0.25, 0.3) is 10.0 Å². The molecule has 6 nitrogen and oxygen atoms in total. The van der Waals surface area contributed by atoms with Crippen LogP contribution in [0.15, 0.2) is 41.6 Å². The predicted octanol–water partition coefficient (Wildman–Crippen LogP) is 1.63. The van der Waals surface area contributed by atoms with E-state index in [0.29, 0.717) is 11.6 Å². The molecule has 1 aromatic carbocycles. The summed E-state index contributed by atoms with van der Waals surface area (Å²) in [7, 11) is -1.93. The highest BCUT2D eigenvalue weighted by Crippen LogP contribution is 2.23. The fraction of sp³-hybridized carbons (Fsp3) is 0.357. The van der Waals surface area contributed by atoms with Gasteiger partial charge in [0.1, 0.15) is 0 Å². The van der Waals surface area contributed by atoms with Gasteiger partial charge in [0.2, 0.25) is 0 Å². The molecule has 118 valence electrons. The Morgan fingerprint density at radius 1 is 1.27 bits per heavy atom. The normalized spacial score (nSPS) is 18.8. The summed E-state index contributed by atoms with van der Waals surface area (Å²) in [6.07, 6.45) is 2.24. The largest absolute Gasteiger partial charge is 0.370 e. The van der Waals surface area contributed by atoms with Crippen molar-refractivity contribution in [2.75, 3.05) is 18.0 Å². The third-order valence-electron chi connectivity index (χ3n) is 3.75. The minimum atomic E-state index is -3.54. The van der Waals surface area contributed by atoms with Crippen LogP contribution < -0.4 is 9.62 Å². The van der Waals surface area contributed by atoms with Gasteiger partial charge in [0.05, 0.1) is 6.20 Å². The number of sulfonamides is 1. The Morgan fingerprint density at radius 3 is 2.64 bits per heavy atom. The van der Waals surface area contributed by atoms with E-state index in [2.05, 4.69) is 14.7 Å². The van der Waals surface area contributed by atoms with Crippen molar-refractivity contribution < 1.29 is 8.42 Å². The fourth-order valence-electron chi connectivity index (χ4n) is 2.65. The van der Waals surface area contributed by atoms with Gasteiger partial charge in [-0.3, -0.25) is 4.68 Å². The van der Waals surface area contributed by atoms with Gasteiger partial charge in [-0.05, 0) is 36.8 Å². The number of anilines is 1. The number of aryl methyl sites for hydroxylation is 1. The Hall–Kier alpha value is -1.57. The first-order chi connectivity index (χ1) is 10.5. The zero-order chi connectivity index (χ0) is 15.7. The average molecular weight is 341 g/mol. The molecule has 1 fully saturated rings. The number of nitrogens with zero attached hydrogens (tertiary/aromatic N) is 3. The van der Waals surface area contributed by atoms with Crippen LogP contribution >= 0.6 is 11.6 Å². The lowest BCUT2D eigenvalue weighted by Gasteiger charge is -2.19. The molecule has 2 heterocycles. The van der Waals surface area contributed by atoms with Gasteiger partial charge in [-0.15, -0.1) is 0 Å². The molecule has 0 aliphatic carbocycles. The Balaban J connectivity index is 1.68. The molecule has 1 N–H and O–H groups in total. The van der Waals surface area contributed by atoms with Crippen molar-refractivity contribution in [3.05, 3.63) is 41.6 Å². The molecule has 1 saturated heterocycles. The monoisotopic (exact) mass is 340 g/mol. The van der Waals surface area contributed by atoms with E-state index in [1.807, 2.05) is 24.3 Å². The van der Waals surface area contributed by atoms with Crippen LogP contribution in [0, 0.1) is 0 Å². The fourth-order valence-corrected chi connectivity index (χ4v) is 4.16. The Kier molecular flexibility index (Phi) is 4.12. The number of hydrogen-bond acceptors (Lipinski definition) is 4. The molecule has 8 heteroatoms. The van der Waals surface area contributed by atoms with Gasteiger partial charge in [0, 0.05) is 36.9 Å². The molecule has 0 spiro atoms. The van der Waals surface area contributed by atoms with Gasteiger partial charge in [0.15, 0.2) is 5.03 Å². The molecule has 22 heavy (non-hydrogen) atoms. The predicted molar refractivity (Wildman–Crippen MR) is 85.6 cm³/mol. The molecule has 2 aromatic rings. The van der Waals surface area contributed by atoms with E-state index in [4.69, 9.17) is 11.6 Å². The molecule has 0 amide bonds. The highest BCUT2D eigenvalue weighted by atomic mass is 35.5. The Labute approximate surface area is 134 Å². The van der Waals surface area contributed by atoms with E-state index in [9.17, 15) is 8.42 Å². The maximum Gasteiger partial charge on any atom is 0.258 e. The molecular weight excluding hydrogens is 324 g/mol. The van der Waals surface area contributed by atoms with Crippen molar-refractivity contribution in [1.29, 1.82) is 0 Å². The summed E-state index contributed by atoms with van der Waals surface area (Å²) in [6.45, 7) is 1.44. The van der Waals surface area contributed by atoms with Crippen molar-refractivity contribution >= 4 is 27.3 Å². The van der Waals surface area contributed by atoms with Crippen LogP contribution in [0.4, 0.5) is 5.69 Å². The van der Waals surface area contributed by atoms with Crippen LogP contribution in [0.2, 0.25) is 5.02 Å². The van der Waals surface area contributed by atoms with E-state index >= 15 is 0 Å². The van der Waals surface area contributed by atoms with Gasteiger partial charge < -0.3 is 4.90 Å². The van der Waals surface area contributed by atoms with Crippen LogP contribution in [0.25, 0.3) is 0 Å². The minimum absolute atomic E-state index is 0.115. The van der Waals surface area contributed by atoms with Crippen LogP contribution in [0.5, 0.6) is 0 Å². The first-order valence-corrected chi connectivity index (χ1v) is 8.83. The van der Waals surface area contributed by atoms with E-state index in [0.717, 1.165) is 18.7 Å². The SMILES string of the molecule is Cn1nccc1S(=O)(=O)N[C@@H]1CCN(c2ccc(Cl)cc2)C1. The van der Waals surface area contributed by atoms with E-state index in [-0.39, 0.29) is 11.1 Å². The first-order valence-electron chi connectivity index (χ1n) is 6.96. The van der Waals surface area contributed by atoms with Crippen molar-refractivity contribution in [2.24, 2.45) is 7.05 Å². The molecule has 1 aromatic heterocycles. The molecular formula is C14H17ClN4O2S. The zero-order valence-electron chi connectivity index (χ0n) is 12.1. The first kappa shape index (κ1) is 15.3. The van der Waals surface area contributed by atoms with Crippen molar-refractivity contribution in [3.8, 4) is 0 Å². The summed E-state index contributed by atoms with van der Waals surface area (Å²) < 4.78 is 28.8. The standard InChI is InChI=1S/C14H17ClN4O2S/c1-18-14(6-8-16-18)22(20,21)17-12-7-9-19(10-12)13-4-2-11(15)3-5-13/h2-6,8,12,17H,7,9-10H2,1H3/t12-/m1/s1. The third kappa shape index (κ3) is 3.11. The van der Waals surface area contributed by atoms with E-state index in [1.165, 1.54) is 16.9 Å². The van der Waals surface area contributed by atoms with Crippen LogP contribution in [-0.4, -0.2) is 37.3 Å². The summed E-state index contributed by atoms with van der Waals surface area (Å²) in [5.41, 5.74) is 1.05. The second-order valence-corrected chi connectivity index (χ2v) is 7.42. The maximum atomic E-state index is 12.4. The topological polar surface area (TPSA) is 67.2 Å². The lowest BCUT2D eigenvalue weighted by atomic mass is 10.3. The highest BCUT2D eigenvalue weighted by molar-refractivity contribution is 7.89. The van der Waals surface area contributed by atoms with Gasteiger partial charge in [-0.2, -0.15) is 5.10 Å². The summed E-state index contributed by atoms with van der Waals surface area (Å²) >= 11 is 5.89. The minimum Gasteiger partial charge on any atom is -0.370 e. The number of rotatable bonds is 4. The van der Waals surface area contributed by atoms with Crippen molar-refractivity contribution in [2.45, 2.75) is 17.5 Å². The van der Waals surface area contributed by atoms with Crippen LogP contribution in [-0.2, 0) is 17.1 Å². The quantitative estimate of drug-likeness (QED) is 0.918. The zero-order valence-corrected chi connectivity index (χ0v) is 13.7. The molecule has 3 rings (SSSR count). The smallest absolute Gasteiger partial charge is 0.258 e. The Bertz CT molecular complexity index is 757. The summed E-state index contributed by atoms with van der Waals surface area (Å²) in [4.78, 5) is 2.15. The highest BCUT2D eigenvalue weighted by Gasteiger charge is 2.28. The second-order valence-electron chi connectivity index (χ2n) is 5.32.